The van der Waals surface area contributed by atoms with E-state index < -0.39 is 0 Å². The maximum absolute atomic E-state index is 14.1. The summed E-state index contributed by atoms with van der Waals surface area (Å²) >= 11 is 3.23. The second kappa shape index (κ2) is 13.3. The fraction of sp³-hybridized carbons (Fsp3) is 0.481. The molecule has 1 saturated heterocycles. The fourth-order valence-electron chi connectivity index (χ4n) is 4.15. The minimum Gasteiger partial charge on any atom is -0.490 e. The van der Waals surface area contributed by atoms with E-state index in [9.17, 15) is 4.79 Å². The maximum Gasteiger partial charge on any atom is 0.260 e. The number of fused-ring (bicyclic) bond motifs is 1. The quantitative estimate of drug-likeness (QED) is 0.288. The number of ether oxygens (including phenoxy) is 4. The molecule has 0 N–H and O–H groups in total. The lowest BCUT2D eigenvalue weighted by molar-refractivity contribution is 0.0391. The largest absolute Gasteiger partial charge is 0.490 e. The molecule has 2 aromatic carbocycles. The first-order valence-corrected chi connectivity index (χ1v) is 14.7. The number of anilines is 1. The van der Waals surface area contributed by atoms with Crippen LogP contribution in [0.4, 0.5) is 5.13 Å². The number of nitrogens with zero attached hydrogens (tertiary/aromatic N) is 3. The van der Waals surface area contributed by atoms with Gasteiger partial charge in [-0.05, 0) is 57.4 Å². The number of hydrogen-bond acceptors (Lipinski definition) is 9. The van der Waals surface area contributed by atoms with E-state index in [-0.39, 0.29) is 5.91 Å². The summed E-state index contributed by atoms with van der Waals surface area (Å²) in [4.78, 5) is 24.2. The molecule has 0 aliphatic carbocycles. The Morgan fingerprint density at radius 2 is 1.73 bits per heavy atom. The van der Waals surface area contributed by atoms with Crippen molar-refractivity contribution in [1.82, 2.24) is 9.88 Å². The Labute approximate surface area is 226 Å². The number of benzene rings is 2. The van der Waals surface area contributed by atoms with Gasteiger partial charge in [0.1, 0.15) is 0 Å². The molecule has 1 aromatic heterocycles. The normalized spacial score (nSPS) is 14.1. The number of hydrogen-bond donors (Lipinski definition) is 0. The Bertz CT molecular complexity index is 1170. The zero-order chi connectivity index (χ0) is 26.2. The molecular formula is C27H35N3O5S2. The molecule has 3 aromatic rings. The highest BCUT2D eigenvalue weighted by atomic mass is 32.2. The van der Waals surface area contributed by atoms with Crippen LogP contribution < -0.4 is 19.1 Å². The number of amides is 1. The fourth-order valence-corrected chi connectivity index (χ4v) is 5.70. The predicted molar refractivity (Wildman–Crippen MR) is 150 cm³/mol. The van der Waals surface area contributed by atoms with Gasteiger partial charge in [-0.15, -0.1) is 11.8 Å². The lowest BCUT2D eigenvalue weighted by Crippen LogP contribution is -2.43. The third-order valence-electron chi connectivity index (χ3n) is 5.96. The smallest absolute Gasteiger partial charge is 0.260 e. The van der Waals surface area contributed by atoms with Gasteiger partial charge in [-0.25, -0.2) is 4.98 Å². The molecule has 1 fully saturated rings. The average molecular weight is 546 g/mol. The van der Waals surface area contributed by atoms with Gasteiger partial charge in [0.15, 0.2) is 16.6 Å². The van der Waals surface area contributed by atoms with Gasteiger partial charge in [0.2, 0.25) is 5.75 Å². The molecule has 0 bridgehead atoms. The van der Waals surface area contributed by atoms with Gasteiger partial charge in [-0.2, -0.15) is 0 Å². The molecule has 0 saturated carbocycles. The molecule has 2 heterocycles. The van der Waals surface area contributed by atoms with Gasteiger partial charge < -0.3 is 18.9 Å². The van der Waals surface area contributed by atoms with Crippen molar-refractivity contribution in [3.05, 3.63) is 35.9 Å². The minimum atomic E-state index is -0.151. The first-order chi connectivity index (χ1) is 18.1. The summed E-state index contributed by atoms with van der Waals surface area (Å²) < 4.78 is 24.1. The molecule has 8 nitrogen and oxygen atoms in total. The number of morpholine rings is 1. The molecule has 4 rings (SSSR count). The van der Waals surface area contributed by atoms with Gasteiger partial charge in [0.25, 0.3) is 5.91 Å². The van der Waals surface area contributed by atoms with Crippen molar-refractivity contribution in [2.24, 2.45) is 0 Å². The highest BCUT2D eigenvalue weighted by Crippen LogP contribution is 2.40. The van der Waals surface area contributed by atoms with Gasteiger partial charge in [-0.3, -0.25) is 14.6 Å². The van der Waals surface area contributed by atoms with Crippen LogP contribution in [-0.2, 0) is 4.74 Å². The van der Waals surface area contributed by atoms with Gasteiger partial charge >= 0.3 is 0 Å². The van der Waals surface area contributed by atoms with Crippen LogP contribution in [-0.4, -0.2) is 81.3 Å². The van der Waals surface area contributed by atoms with E-state index in [1.165, 1.54) is 16.2 Å². The Kier molecular flexibility index (Phi) is 9.90. The Balaban J connectivity index is 1.72. The lowest BCUT2D eigenvalue weighted by atomic mass is 10.1. The molecule has 1 aliphatic rings. The van der Waals surface area contributed by atoms with Gasteiger partial charge in [0.05, 0.1) is 43.3 Å². The number of carbonyl (C=O) groups excluding carboxylic acids is 1. The molecule has 1 aliphatic heterocycles. The topological polar surface area (TPSA) is 73.4 Å². The molecule has 1 amide bonds. The van der Waals surface area contributed by atoms with Crippen molar-refractivity contribution in [2.45, 2.75) is 25.7 Å². The van der Waals surface area contributed by atoms with E-state index >= 15 is 0 Å². The number of rotatable bonds is 12. The summed E-state index contributed by atoms with van der Waals surface area (Å²) in [7, 11) is 0. The molecule has 37 heavy (non-hydrogen) atoms. The summed E-state index contributed by atoms with van der Waals surface area (Å²) in [5.74, 6) is 1.37. The van der Waals surface area contributed by atoms with Crippen molar-refractivity contribution >= 4 is 44.4 Å². The van der Waals surface area contributed by atoms with Crippen LogP contribution in [0, 0.1) is 0 Å². The van der Waals surface area contributed by atoms with Crippen LogP contribution in [0.5, 0.6) is 17.2 Å². The molecule has 0 unspecified atom stereocenters. The van der Waals surface area contributed by atoms with Crippen LogP contribution in [0.3, 0.4) is 0 Å². The van der Waals surface area contributed by atoms with Crippen LogP contribution in [0.15, 0.2) is 35.2 Å². The summed E-state index contributed by atoms with van der Waals surface area (Å²) in [6.07, 6.45) is 2.05. The number of thioether (sulfide) groups is 1. The predicted octanol–water partition coefficient (Wildman–Crippen LogP) is 5.19. The van der Waals surface area contributed by atoms with E-state index in [2.05, 4.69) is 23.3 Å². The summed E-state index contributed by atoms with van der Waals surface area (Å²) in [5, 5.41) is 0.677. The van der Waals surface area contributed by atoms with Crippen LogP contribution in [0.2, 0.25) is 0 Å². The molecule has 0 radical (unpaired) electrons. The first kappa shape index (κ1) is 27.5. The van der Waals surface area contributed by atoms with Gasteiger partial charge in [0, 0.05) is 36.6 Å². The third kappa shape index (κ3) is 6.67. The van der Waals surface area contributed by atoms with E-state index in [4.69, 9.17) is 23.9 Å². The van der Waals surface area contributed by atoms with Crippen LogP contribution in [0.25, 0.3) is 10.2 Å². The van der Waals surface area contributed by atoms with Crippen LogP contribution in [0.1, 0.15) is 31.1 Å². The summed E-state index contributed by atoms with van der Waals surface area (Å²) in [6.45, 7) is 11.4. The highest BCUT2D eigenvalue weighted by molar-refractivity contribution is 7.98. The van der Waals surface area contributed by atoms with E-state index in [1.807, 2.05) is 26.8 Å². The standard InChI is InChI=1S/C27H35N3O5S2/c1-5-33-22-16-19(17-23(34-6-2)25(22)35-7-3)26(31)30(11-10-29-12-14-32-15-13-29)27-28-21-9-8-20(36-4)18-24(21)37-27/h8-9,16-18H,5-7,10-15H2,1-4H3. The Morgan fingerprint density at radius 1 is 1.05 bits per heavy atom. The maximum atomic E-state index is 14.1. The SMILES string of the molecule is CCOc1cc(C(=O)N(CCN2CCOCC2)c2nc3ccc(SC)cc3s2)cc(OCC)c1OCC. The third-order valence-corrected chi connectivity index (χ3v) is 7.73. The molecule has 0 spiro atoms. The van der Waals surface area contributed by atoms with Crippen molar-refractivity contribution < 1.29 is 23.7 Å². The minimum absolute atomic E-state index is 0.151. The molecule has 10 heteroatoms. The van der Waals surface area contributed by atoms with Crippen molar-refractivity contribution in [2.75, 3.05) is 70.4 Å². The van der Waals surface area contributed by atoms with Crippen molar-refractivity contribution in [3.8, 4) is 17.2 Å². The summed E-state index contributed by atoms with van der Waals surface area (Å²) in [5.41, 5.74) is 1.36. The summed E-state index contributed by atoms with van der Waals surface area (Å²) in [6, 6.07) is 9.71. The number of aromatic nitrogens is 1. The molecular weight excluding hydrogens is 510 g/mol. The average Bonchev–Trinajstić information content (AvgIpc) is 3.34. The van der Waals surface area contributed by atoms with Crippen molar-refractivity contribution in [3.63, 3.8) is 0 Å². The second-order valence-electron chi connectivity index (χ2n) is 8.34. The van der Waals surface area contributed by atoms with Gasteiger partial charge in [-0.1, -0.05) is 11.3 Å². The second-order valence-corrected chi connectivity index (χ2v) is 10.2. The van der Waals surface area contributed by atoms with Crippen LogP contribution >= 0.6 is 23.1 Å². The Hall–Kier alpha value is -2.53. The zero-order valence-electron chi connectivity index (χ0n) is 22.0. The van der Waals surface area contributed by atoms with E-state index in [0.717, 1.165) is 29.9 Å². The monoisotopic (exact) mass is 545 g/mol. The Morgan fingerprint density at radius 3 is 2.35 bits per heavy atom. The van der Waals surface area contributed by atoms with E-state index in [1.54, 1.807) is 28.8 Å². The zero-order valence-corrected chi connectivity index (χ0v) is 23.6. The van der Waals surface area contributed by atoms with Crippen molar-refractivity contribution in [1.29, 1.82) is 0 Å². The lowest BCUT2D eigenvalue weighted by Gasteiger charge is -2.29. The first-order valence-electron chi connectivity index (χ1n) is 12.7. The van der Waals surface area contributed by atoms with E-state index in [0.29, 0.717) is 67.5 Å². The highest BCUT2D eigenvalue weighted by Gasteiger charge is 2.26. The number of carbonyl (C=O) groups is 1. The molecule has 0 atom stereocenters. The number of thiazole rings is 1. The molecule has 200 valence electrons.